The molecular formula is C13H14F2N4O3. The fourth-order valence-corrected chi connectivity index (χ4v) is 2.49. The van der Waals surface area contributed by atoms with E-state index >= 15 is 0 Å². The van der Waals surface area contributed by atoms with E-state index in [4.69, 9.17) is 10.5 Å². The summed E-state index contributed by atoms with van der Waals surface area (Å²) >= 11 is 0. The molecule has 118 valence electrons. The summed E-state index contributed by atoms with van der Waals surface area (Å²) < 4.78 is 33.4. The lowest BCUT2D eigenvalue weighted by Gasteiger charge is -2.20. The molecule has 7 nitrogen and oxygen atoms in total. The fraction of sp³-hybridized carbons (Fsp3) is 0.385. The Morgan fingerprint density at radius 1 is 1.32 bits per heavy atom. The summed E-state index contributed by atoms with van der Waals surface area (Å²) in [7, 11) is 0. The van der Waals surface area contributed by atoms with Crippen LogP contribution in [0.4, 0.5) is 25.0 Å². The third-order valence-corrected chi connectivity index (χ3v) is 3.57. The zero-order valence-electron chi connectivity index (χ0n) is 11.5. The highest BCUT2D eigenvalue weighted by atomic mass is 19.1. The predicted octanol–water partition coefficient (Wildman–Crippen LogP) is 0.142. The minimum absolute atomic E-state index is 0.0347. The number of nitrogens with zero attached hydrogens (tertiary/aromatic N) is 2. The Morgan fingerprint density at radius 3 is 2.50 bits per heavy atom. The Labute approximate surface area is 124 Å². The Balaban J connectivity index is 1.89. The molecule has 0 saturated carbocycles. The van der Waals surface area contributed by atoms with Crippen LogP contribution in [0.3, 0.4) is 0 Å². The molecule has 3 rings (SSSR count). The monoisotopic (exact) mass is 312 g/mol. The molecule has 1 aromatic carbocycles. The molecule has 2 heterocycles. The van der Waals surface area contributed by atoms with Crippen LogP contribution in [0.2, 0.25) is 0 Å². The highest BCUT2D eigenvalue weighted by molar-refractivity contribution is 5.90. The molecule has 1 unspecified atom stereocenters. The number of rotatable bonds is 3. The smallest absolute Gasteiger partial charge is 0.414 e. The maximum absolute atomic E-state index is 14.2. The number of hydrogen-bond acceptors (Lipinski definition) is 5. The van der Waals surface area contributed by atoms with Crippen molar-refractivity contribution in [3.05, 3.63) is 23.8 Å². The van der Waals surface area contributed by atoms with Crippen molar-refractivity contribution in [2.24, 2.45) is 5.73 Å². The number of ether oxygens (including phenoxy) is 1. The van der Waals surface area contributed by atoms with Crippen molar-refractivity contribution < 1.29 is 23.1 Å². The molecule has 1 aromatic rings. The van der Waals surface area contributed by atoms with Crippen LogP contribution in [-0.4, -0.2) is 44.4 Å². The van der Waals surface area contributed by atoms with Gasteiger partial charge >= 0.3 is 6.09 Å². The van der Waals surface area contributed by atoms with Crippen LogP contribution in [0.5, 0.6) is 0 Å². The Bertz CT molecular complexity index is 617. The van der Waals surface area contributed by atoms with Crippen LogP contribution < -0.4 is 20.9 Å². The fourth-order valence-electron chi connectivity index (χ4n) is 2.49. The van der Waals surface area contributed by atoms with Gasteiger partial charge in [0.25, 0.3) is 0 Å². The average Bonchev–Trinajstić information content (AvgIpc) is 3.04. The van der Waals surface area contributed by atoms with Crippen molar-refractivity contribution in [1.82, 2.24) is 5.32 Å². The molecule has 0 bridgehead atoms. The number of cyclic esters (lactones) is 1. The largest absolute Gasteiger partial charge is 0.443 e. The zero-order valence-corrected chi connectivity index (χ0v) is 11.5. The summed E-state index contributed by atoms with van der Waals surface area (Å²) in [6.07, 6.45) is -1.20. The van der Waals surface area contributed by atoms with E-state index in [1.54, 1.807) is 0 Å². The van der Waals surface area contributed by atoms with Crippen molar-refractivity contribution in [1.29, 1.82) is 0 Å². The van der Waals surface area contributed by atoms with Gasteiger partial charge in [-0.1, -0.05) is 0 Å². The molecule has 2 aliphatic heterocycles. The standard InChI is InChI=1S/C13H14F2N4O3/c14-9-1-7(19-4-8(3-16)22-13(19)21)2-10(15)12(9)18-5-11(20)17-6-18/h1-2,8H,3-6,16H2,(H,17,20). The zero-order chi connectivity index (χ0) is 15.9. The van der Waals surface area contributed by atoms with E-state index in [-0.39, 0.29) is 43.6 Å². The van der Waals surface area contributed by atoms with Crippen LogP contribution in [0.15, 0.2) is 12.1 Å². The van der Waals surface area contributed by atoms with Crippen LogP contribution in [0.1, 0.15) is 0 Å². The van der Waals surface area contributed by atoms with E-state index in [9.17, 15) is 18.4 Å². The summed E-state index contributed by atoms with van der Waals surface area (Å²) in [5, 5.41) is 2.47. The van der Waals surface area contributed by atoms with Crippen LogP contribution in [0.25, 0.3) is 0 Å². The van der Waals surface area contributed by atoms with Crippen LogP contribution in [-0.2, 0) is 9.53 Å². The van der Waals surface area contributed by atoms with Gasteiger partial charge in [-0.25, -0.2) is 13.6 Å². The summed E-state index contributed by atoms with van der Waals surface area (Å²) in [6, 6.07) is 2.09. The Hall–Kier alpha value is -2.42. The quantitative estimate of drug-likeness (QED) is 0.829. The van der Waals surface area contributed by atoms with Crippen LogP contribution >= 0.6 is 0 Å². The number of benzene rings is 1. The van der Waals surface area contributed by atoms with Gasteiger partial charge in [-0.2, -0.15) is 0 Å². The lowest BCUT2D eigenvalue weighted by Crippen LogP contribution is -2.28. The SMILES string of the molecule is NCC1CN(c2cc(F)c(N3CNC(=O)C3)c(F)c2)C(=O)O1. The predicted molar refractivity (Wildman–Crippen MR) is 73.4 cm³/mol. The number of nitrogens with two attached hydrogens (primary N) is 1. The molecule has 1 atom stereocenters. The number of carbonyl (C=O) groups is 2. The van der Waals surface area contributed by atoms with Gasteiger partial charge in [0, 0.05) is 18.7 Å². The van der Waals surface area contributed by atoms with Gasteiger partial charge in [-0.3, -0.25) is 9.69 Å². The minimum Gasteiger partial charge on any atom is -0.443 e. The molecule has 0 radical (unpaired) electrons. The molecule has 2 fully saturated rings. The second-order valence-electron chi connectivity index (χ2n) is 5.07. The number of halogens is 2. The van der Waals surface area contributed by atoms with Gasteiger partial charge in [0.2, 0.25) is 5.91 Å². The van der Waals surface area contributed by atoms with Crippen molar-refractivity contribution in [3.63, 3.8) is 0 Å². The number of carbonyl (C=O) groups excluding carboxylic acids is 2. The topological polar surface area (TPSA) is 87.9 Å². The number of anilines is 2. The van der Waals surface area contributed by atoms with Gasteiger partial charge in [0.05, 0.1) is 25.4 Å². The first-order valence-corrected chi connectivity index (χ1v) is 6.68. The lowest BCUT2D eigenvalue weighted by molar-refractivity contribution is -0.118. The van der Waals surface area contributed by atoms with E-state index in [0.29, 0.717) is 0 Å². The number of hydrogen-bond donors (Lipinski definition) is 2. The number of amides is 2. The summed E-state index contributed by atoms with van der Waals surface area (Å²) in [5.41, 5.74) is 5.17. The highest BCUT2D eigenvalue weighted by Gasteiger charge is 2.33. The second-order valence-corrected chi connectivity index (χ2v) is 5.07. The summed E-state index contributed by atoms with van der Waals surface area (Å²) in [6.45, 7) is 0.186. The third kappa shape index (κ3) is 2.43. The molecule has 0 aliphatic carbocycles. The highest BCUT2D eigenvalue weighted by Crippen LogP contribution is 2.31. The summed E-state index contributed by atoms with van der Waals surface area (Å²) in [4.78, 5) is 25.2. The van der Waals surface area contributed by atoms with Gasteiger partial charge in [-0.15, -0.1) is 0 Å². The number of nitrogens with one attached hydrogen (secondary N) is 1. The first-order valence-electron chi connectivity index (χ1n) is 6.68. The normalized spacial score (nSPS) is 21.3. The molecule has 0 aromatic heterocycles. The van der Waals surface area contributed by atoms with Crippen molar-refractivity contribution in [3.8, 4) is 0 Å². The van der Waals surface area contributed by atoms with E-state index in [1.807, 2.05) is 0 Å². The van der Waals surface area contributed by atoms with E-state index in [2.05, 4.69) is 5.32 Å². The first kappa shape index (κ1) is 14.5. The van der Waals surface area contributed by atoms with Gasteiger partial charge in [0.1, 0.15) is 11.8 Å². The van der Waals surface area contributed by atoms with E-state index < -0.39 is 23.8 Å². The molecule has 2 amide bonds. The summed E-state index contributed by atoms with van der Waals surface area (Å²) in [5.74, 6) is -2.01. The molecule has 0 spiro atoms. The van der Waals surface area contributed by atoms with Gasteiger partial charge < -0.3 is 20.7 Å². The van der Waals surface area contributed by atoms with Gasteiger partial charge in [0.15, 0.2) is 11.6 Å². The van der Waals surface area contributed by atoms with E-state index in [1.165, 1.54) is 4.90 Å². The van der Waals surface area contributed by atoms with E-state index in [0.717, 1.165) is 17.0 Å². The maximum atomic E-state index is 14.2. The minimum atomic E-state index is -0.851. The van der Waals surface area contributed by atoms with Crippen molar-refractivity contribution in [2.45, 2.75) is 6.10 Å². The Kier molecular flexibility index (Phi) is 3.57. The van der Waals surface area contributed by atoms with Crippen molar-refractivity contribution >= 4 is 23.4 Å². The Morgan fingerprint density at radius 2 is 2.00 bits per heavy atom. The van der Waals surface area contributed by atoms with Gasteiger partial charge in [-0.05, 0) is 0 Å². The molecule has 9 heteroatoms. The molecular weight excluding hydrogens is 298 g/mol. The average molecular weight is 312 g/mol. The molecule has 22 heavy (non-hydrogen) atoms. The maximum Gasteiger partial charge on any atom is 0.414 e. The van der Waals surface area contributed by atoms with Crippen LogP contribution in [0, 0.1) is 11.6 Å². The molecule has 2 aliphatic rings. The lowest BCUT2D eigenvalue weighted by atomic mass is 10.2. The third-order valence-electron chi connectivity index (χ3n) is 3.57. The molecule has 2 saturated heterocycles. The second kappa shape index (κ2) is 5.41. The molecule has 3 N–H and O–H groups in total. The van der Waals surface area contributed by atoms with Crippen molar-refractivity contribution in [2.75, 3.05) is 36.1 Å². The first-order chi connectivity index (χ1) is 10.5.